The first kappa shape index (κ1) is 12.5. The van der Waals surface area contributed by atoms with E-state index in [0.29, 0.717) is 5.91 Å². The first-order valence-electron chi connectivity index (χ1n) is 7.47. The van der Waals surface area contributed by atoms with Gasteiger partial charge in [-0.05, 0) is 43.2 Å². The number of likely N-dealkylation sites (tertiary alicyclic amines) is 1. The Morgan fingerprint density at radius 1 is 1.16 bits per heavy atom. The molecule has 1 amide bonds. The summed E-state index contributed by atoms with van der Waals surface area (Å²) in [5.41, 5.74) is 4.14. The molecule has 0 bridgehead atoms. The van der Waals surface area contributed by atoms with E-state index >= 15 is 0 Å². The quantitative estimate of drug-likeness (QED) is 0.904. The number of piperidine rings is 1. The van der Waals surface area contributed by atoms with Gasteiger partial charge in [0.25, 0.3) is 0 Å². The van der Waals surface area contributed by atoms with E-state index in [1.54, 1.807) is 0 Å². The van der Waals surface area contributed by atoms with Crippen LogP contribution in [0.5, 0.6) is 0 Å². The number of rotatable bonds is 3. The Morgan fingerprint density at radius 2 is 2.11 bits per heavy atom. The SMILES string of the molecule is O=C1CCCCN1CCc1cccc2c1NCCC2. The Morgan fingerprint density at radius 3 is 3.00 bits per heavy atom. The number of carbonyl (C=O) groups excluding carboxylic acids is 1. The third-order valence-corrected chi connectivity index (χ3v) is 4.23. The lowest BCUT2D eigenvalue weighted by Crippen LogP contribution is -2.36. The molecular formula is C16H22N2O. The standard InChI is InChI=1S/C16H22N2O/c19-15-8-1-2-11-18(15)12-9-14-6-3-5-13-7-4-10-17-16(13)14/h3,5-6,17H,1-2,4,7-12H2. The van der Waals surface area contributed by atoms with Crippen molar-refractivity contribution in [1.29, 1.82) is 0 Å². The van der Waals surface area contributed by atoms with E-state index in [0.717, 1.165) is 45.3 Å². The highest BCUT2D eigenvalue weighted by molar-refractivity contribution is 5.76. The van der Waals surface area contributed by atoms with Gasteiger partial charge in [-0.15, -0.1) is 0 Å². The van der Waals surface area contributed by atoms with Gasteiger partial charge in [0.2, 0.25) is 5.91 Å². The van der Waals surface area contributed by atoms with Crippen molar-refractivity contribution in [2.45, 2.75) is 38.5 Å². The maximum atomic E-state index is 11.8. The van der Waals surface area contributed by atoms with Gasteiger partial charge in [0.15, 0.2) is 0 Å². The third-order valence-electron chi connectivity index (χ3n) is 4.23. The lowest BCUT2D eigenvalue weighted by molar-refractivity contribution is -0.133. The molecule has 3 nitrogen and oxygen atoms in total. The van der Waals surface area contributed by atoms with Gasteiger partial charge in [-0.3, -0.25) is 4.79 Å². The zero-order valence-electron chi connectivity index (χ0n) is 11.5. The molecule has 0 spiro atoms. The molecule has 2 aliphatic rings. The Balaban J connectivity index is 1.68. The molecule has 1 aromatic carbocycles. The number of hydrogen-bond donors (Lipinski definition) is 1. The van der Waals surface area contributed by atoms with E-state index < -0.39 is 0 Å². The molecule has 0 radical (unpaired) electrons. The summed E-state index contributed by atoms with van der Waals surface area (Å²) in [6.07, 6.45) is 6.35. The van der Waals surface area contributed by atoms with Crippen LogP contribution in [0.2, 0.25) is 0 Å². The first-order valence-corrected chi connectivity index (χ1v) is 7.47. The van der Waals surface area contributed by atoms with Crippen molar-refractivity contribution >= 4 is 11.6 Å². The molecule has 1 saturated heterocycles. The summed E-state index contributed by atoms with van der Waals surface area (Å²) in [6.45, 7) is 2.89. The molecule has 19 heavy (non-hydrogen) atoms. The Labute approximate surface area is 115 Å². The van der Waals surface area contributed by atoms with Gasteiger partial charge in [-0.1, -0.05) is 18.2 Å². The molecule has 0 atom stereocenters. The molecule has 0 unspecified atom stereocenters. The van der Waals surface area contributed by atoms with E-state index in [1.165, 1.54) is 29.7 Å². The van der Waals surface area contributed by atoms with Crippen LogP contribution in [0.15, 0.2) is 18.2 Å². The number of benzene rings is 1. The lowest BCUT2D eigenvalue weighted by atomic mass is 9.97. The zero-order chi connectivity index (χ0) is 13.1. The molecular weight excluding hydrogens is 236 g/mol. The summed E-state index contributed by atoms with van der Waals surface area (Å²) in [5.74, 6) is 0.337. The van der Waals surface area contributed by atoms with Crippen LogP contribution in [-0.4, -0.2) is 30.4 Å². The van der Waals surface area contributed by atoms with Crippen molar-refractivity contribution in [2.75, 3.05) is 25.0 Å². The minimum atomic E-state index is 0.337. The number of amides is 1. The van der Waals surface area contributed by atoms with Crippen LogP contribution in [0.25, 0.3) is 0 Å². The van der Waals surface area contributed by atoms with E-state index in [4.69, 9.17) is 0 Å². The Bertz CT molecular complexity index is 470. The molecule has 0 aromatic heterocycles. The van der Waals surface area contributed by atoms with Crippen LogP contribution in [0.3, 0.4) is 0 Å². The van der Waals surface area contributed by atoms with Crippen molar-refractivity contribution in [3.8, 4) is 0 Å². The molecule has 3 rings (SSSR count). The number of aryl methyl sites for hydroxylation is 1. The molecule has 2 aliphatic heterocycles. The molecule has 0 saturated carbocycles. The highest BCUT2D eigenvalue weighted by atomic mass is 16.2. The van der Waals surface area contributed by atoms with Crippen LogP contribution in [-0.2, 0) is 17.6 Å². The number of hydrogen-bond acceptors (Lipinski definition) is 2. The van der Waals surface area contributed by atoms with Crippen LogP contribution in [0.4, 0.5) is 5.69 Å². The van der Waals surface area contributed by atoms with Crippen molar-refractivity contribution in [2.24, 2.45) is 0 Å². The van der Waals surface area contributed by atoms with Crippen LogP contribution in [0.1, 0.15) is 36.8 Å². The van der Waals surface area contributed by atoms with Crippen molar-refractivity contribution in [1.82, 2.24) is 4.90 Å². The highest BCUT2D eigenvalue weighted by Crippen LogP contribution is 2.26. The second-order valence-electron chi connectivity index (χ2n) is 5.57. The topological polar surface area (TPSA) is 32.3 Å². The van der Waals surface area contributed by atoms with Crippen molar-refractivity contribution in [3.63, 3.8) is 0 Å². The van der Waals surface area contributed by atoms with E-state index in [9.17, 15) is 4.79 Å². The van der Waals surface area contributed by atoms with Crippen LogP contribution in [0, 0.1) is 0 Å². The number of nitrogens with one attached hydrogen (secondary N) is 1. The third kappa shape index (κ3) is 2.75. The minimum absolute atomic E-state index is 0.337. The average Bonchev–Trinajstić information content (AvgIpc) is 2.46. The van der Waals surface area contributed by atoms with Gasteiger partial charge < -0.3 is 10.2 Å². The van der Waals surface area contributed by atoms with Gasteiger partial charge >= 0.3 is 0 Å². The zero-order valence-corrected chi connectivity index (χ0v) is 11.5. The lowest BCUT2D eigenvalue weighted by Gasteiger charge is -2.28. The molecule has 2 heterocycles. The summed E-state index contributed by atoms with van der Waals surface area (Å²) >= 11 is 0. The predicted molar refractivity (Wildman–Crippen MR) is 77.4 cm³/mol. The van der Waals surface area contributed by atoms with E-state index in [2.05, 4.69) is 23.5 Å². The molecule has 1 aromatic rings. The summed E-state index contributed by atoms with van der Waals surface area (Å²) in [7, 11) is 0. The molecule has 3 heteroatoms. The fourth-order valence-corrected chi connectivity index (χ4v) is 3.14. The van der Waals surface area contributed by atoms with Gasteiger partial charge in [0, 0.05) is 31.7 Å². The molecule has 1 fully saturated rings. The Kier molecular flexibility index (Phi) is 3.72. The second-order valence-corrected chi connectivity index (χ2v) is 5.57. The number of carbonyl (C=O) groups is 1. The summed E-state index contributed by atoms with van der Waals surface area (Å²) in [5, 5.41) is 3.53. The molecule has 0 aliphatic carbocycles. The van der Waals surface area contributed by atoms with Gasteiger partial charge in [-0.2, -0.15) is 0 Å². The second kappa shape index (κ2) is 5.64. The van der Waals surface area contributed by atoms with Crippen LogP contribution >= 0.6 is 0 Å². The Hall–Kier alpha value is -1.51. The largest absolute Gasteiger partial charge is 0.385 e. The van der Waals surface area contributed by atoms with Crippen molar-refractivity contribution < 1.29 is 4.79 Å². The van der Waals surface area contributed by atoms with E-state index in [1.807, 2.05) is 4.90 Å². The number of nitrogens with zero attached hydrogens (tertiary/aromatic N) is 1. The number of para-hydroxylation sites is 1. The van der Waals surface area contributed by atoms with Gasteiger partial charge in [-0.25, -0.2) is 0 Å². The average molecular weight is 258 g/mol. The summed E-state index contributed by atoms with van der Waals surface area (Å²) in [4.78, 5) is 13.8. The number of anilines is 1. The summed E-state index contributed by atoms with van der Waals surface area (Å²) < 4.78 is 0. The van der Waals surface area contributed by atoms with Gasteiger partial charge in [0.05, 0.1) is 0 Å². The minimum Gasteiger partial charge on any atom is -0.385 e. The van der Waals surface area contributed by atoms with Crippen LogP contribution < -0.4 is 5.32 Å². The normalized spacial score (nSPS) is 18.9. The number of fused-ring (bicyclic) bond motifs is 1. The first-order chi connectivity index (χ1) is 9.34. The van der Waals surface area contributed by atoms with E-state index in [-0.39, 0.29) is 0 Å². The molecule has 1 N–H and O–H groups in total. The molecule has 102 valence electrons. The maximum absolute atomic E-state index is 11.8. The monoisotopic (exact) mass is 258 g/mol. The predicted octanol–water partition coefficient (Wildman–Crippen LogP) is 2.60. The fourth-order valence-electron chi connectivity index (χ4n) is 3.14. The highest BCUT2D eigenvalue weighted by Gasteiger charge is 2.18. The maximum Gasteiger partial charge on any atom is 0.222 e. The smallest absolute Gasteiger partial charge is 0.222 e. The summed E-state index contributed by atoms with van der Waals surface area (Å²) in [6, 6.07) is 6.57. The fraction of sp³-hybridized carbons (Fsp3) is 0.562. The van der Waals surface area contributed by atoms with Crippen molar-refractivity contribution in [3.05, 3.63) is 29.3 Å². The van der Waals surface area contributed by atoms with Gasteiger partial charge in [0.1, 0.15) is 0 Å².